The maximum atomic E-state index is 13.3. The zero-order chi connectivity index (χ0) is 20.5. The average molecular weight is 390 g/mol. The lowest BCUT2D eigenvalue weighted by atomic mass is 9.87. The van der Waals surface area contributed by atoms with Gasteiger partial charge in [0, 0.05) is 0 Å². The summed E-state index contributed by atoms with van der Waals surface area (Å²) in [5.74, 6) is -0.852. The highest BCUT2D eigenvalue weighted by molar-refractivity contribution is 6.22. The molecule has 0 fully saturated rings. The van der Waals surface area contributed by atoms with Crippen LogP contribution in [-0.4, -0.2) is 28.7 Å². The van der Waals surface area contributed by atoms with Crippen LogP contribution in [0.1, 0.15) is 71.0 Å². The number of rotatable bonds is 5. The predicted molar refractivity (Wildman–Crippen MR) is 110 cm³/mol. The Morgan fingerprint density at radius 1 is 1.03 bits per heavy atom. The number of imide groups is 1. The van der Waals surface area contributed by atoms with E-state index in [0.29, 0.717) is 17.5 Å². The van der Waals surface area contributed by atoms with E-state index in [1.165, 1.54) is 5.56 Å². The van der Waals surface area contributed by atoms with Gasteiger partial charge in [0.15, 0.2) is 0 Å². The van der Waals surface area contributed by atoms with E-state index in [1.807, 2.05) is 26.0 Å². The summed E-state index contributed by atoms with van der Waals surface area (Å²) in [6, 6.07) is 14.0. The summed E-state index contributed by atoms with van der Waals surface area (Å²) >= 11 is 0. The largest absolute Gasteiger partial charge is 0.347 e. The van der Waals surface area contributed by atoms with E-state index in [9.17, 15) is 14.4 Å². The Morgan fingerprint density at radius 3 is 2.31 bits per heavy atom. The Morgan fingerprint density at radius 2 is 1.66 bits per heavy atom. The number of nitrogens with zero attached hydrogens (tertiary/aromatic N) is 1. The first-order valence-electron chi connectivity index (χ1n) is 10.3. The lowest BCUT2D eigenvalue weighted by Crippen LogP contribution is -2.51. The van der Waals surface area contributed by atoms with E-state index in [4.69, 9.17) is 0 Å². The van der Waals surface area contributed by atoms with Gasteiger partial charge in [-0.1, -0.05) is 50.2 Å². The summed E-state index contributed by atoms with van der Waals surface area (Å²) in [5.41, 5.74) is 3.15. The second-order valence-corrected chi connectivity index (χ2v) is 8.32. The Kier molecular flexibility index (Phi) is 5.22. The van der Waals surface area contributed by atoms with Gasteiger partial charge < -0.3 is 5.32 Å². The van der Waals surface area contributed by atoms with Gasteiger partial charge in [0.1, 0.15) is 6.04 Å². The van der Waals surface area contributed by atoms with Crippen LogP contribution in [0.4, 0.5) is 0 Å². The van der Waals surface area contributed by atoms with Crippen LogP contribution < -0.4 is 5.32 Å². The first-order valence-corrected chi connectivity index (χ1v) is 10.3. The Hall–Kier alpha value is -2.95. The first-order chi connectivity index (χ1) is 14.0. The van der Waals surface area contributed by atoms with E-state index in [0.717, 1.165) is 29.7 Å². The van der Waals surface area contributed by atoms with Crippen molar-refractivity contribution in [3.8, 4) is 0 Å². The average Bonchev–Trinajstić information content (AvgIpc) is 2.97. The van der Waals surface area contributed by atoms with Crippen molar-refractivity contribution in [2.45, 2.75) is 51.6 Å². The maximum absolute atomic E-state index is 13.3. The molecule has 2 atom stereocenters. The van der Waals surface area contributed by atoms with Crippen molar-refractivity contribution < 1.29 is 14.4 Å². The molecule has 1 aliphatic heterocycles. The highest BCUT2D eigenvalue weighted by Crippen LogP contribution is 2.31. The van der Waals surface area contributed by atoms with Crippen molar-refractivity contribution in [2.24, 2.45) is 5.92 Å². The van der Waals surface area contributed by atoms with E-state index in [-0.39, 0.29) is 29.7 Å². The number of benzene rings is 2. The molecule has 1 aliphatic carbocycles. The molecule has 0 aromatic heterocycles. The van der Waals surface area contributed by atoms with Crippen molar-refractivity contribution in [2.75, 3.05) is 0 Å². The zero-order valence-corrected chi connectivity index (χ0v) is 16.9. The molecule has 2 aromatic rings. The predicted octanol–water partition coefficient (Wildman–Crippen LogP) is 3.89. The van der Waals surface area contributed by atoms with Crippen LogP contribution in [0.2, 0.25) is 0 Å². The molecule has 5 heteroatoms. The van der Waals surface area contributed by atoms with Crippen molar-refractivity contribution in [3.63, 3.8) is 0 Å². The highest BCUT2D eigenvalue weighted by atomic mass is 16.2. The Bertz CT molecular complexity index is 931. The van der Waals surface area contributed by atoms with Crippen molar-refractivity contribution in [1.29, 1.82) is 0 Å². The topological polar surface area (TPSA) is 66.5 Å². The summed E-state index contributed by atoms with van der Waals surface area (Å²) in [5, 5.41) is 3.14. The van der Waals surface area contributed by atoms with Crippen LogP contribution in [0.15, 0.2) is 48.5 Å². The molecule has 0 radical (unpaired) electrons. The van der Waals surface area contributed by atoms with Crippen molar-refractivity contribution in [1.82, 2.24) is 10.2 Å². The molecule has 150 valence electrons. The van der Waals surface area contributed by atoms with Crippen LogP contribution in [0.3, 0.4) is 0 Å². The summed E-state index contributed by atoms with van der Waals surface area (Å²) in [7, 11) is 0. The van der Waals surface area contributed by atoms with Crippen molar-refractivity contribution in [3.05, 3.63) is 70.8 Å². The normalized spacial score (nSPS) is 19.1. The SMILES string of the molecule is CC(C)C[C@H](C(=O)N[C@H]1CCCc2ccccc21)N1C(=O)c2ccccc2C1=O. The summed E-state index contributed by atoms with van der Waals surface area (Å²) in [6.45, 7) is 3.99. The van der Waals surface area contributed by atoms with Gasteiger partial charge in [-0.05, 0) is 54.9 Å². The number of amides is 3. The molecule has 0 unspecified atom stereocenters. The van der Waals surface area contributed by atoms with Gasteiger partial charge in [0.05, 0.1) is 17.2 Å². The molecule has 2 aromatic carbocycles. The molecule has 5 nitrogen and oxygen atoms in total. The van der Waals surface area contributed by atoms with Crippen LogP contribution in [0.5, 0.6) is 0 Å². The molecule has 4 rings (SSSR count). The van der Waals surface area contributed by atoms with E-state index in [1.54, 1.807) is 24.3 Å². The third-order valence-corrected chi connectivity index (χ3v) is 5.82. The number of fused-ring (bicyclic) bond motifs is 2. The van der Waals surface area contributed by atoms with Crippen molar-refractivity contribution >= 4 is 17.7 Å². The van der Waals surface area contributed by atoms with Gasteiger partial charge in [0.2, 0.25) is 5.91 Å². The number of carbonyl (C=O) groups is 3. The molecular weight excluding hydrogens is 364 g/mol. The van der Waals surface area contributed by atoms with E-state index >= 15 is 0 Å². The van der Waals surface area contributed by atoms with Crippen LogP contribution in [0, 0.1) is 5.92 Å². The summed E-state index contributed by atoms with van der Waals surface area (Å²) < 4.78 is 0. The smallest absolute Gasteiger partial charge is 0.262 e. The molecule has 0 bridgehead atoms. The lowest BCUT2D eigenvalue weighted by Gasteiger charge is -2.31. The third kappa shape index (κ3) is 3.57. The van der Waals surface area contributed by atoms with Gasteiger partial charge >= 0.3 is 0 Å². The monoisotopic (exact) mass is 390 g/mol. The molecular formula is C24H26N2O3. The minimum Gasteiger partial charge on any atom is -0.347 e. The van der Waals surface area contributed by atoms with Crippen LogP contribution in [0.25, 0.3) is 0 Å². The van der Waals surface area contributed by atoms with Gasteiger partial charge in [-0.15, -0.1) is 0 Å². The van der Waals surface area contributed by atoms with Gasteiger partial charge in [-0.3, -0.25) is 19.3 Å². The Labute approximate surface area is 171 Å². The summed E-state index contributed by atoms with van der Waals surface area (Å²) in [6.07, 6.45) is 3.31. The van der Waals surface area contributed by atoms with E-state index < -0.39 is 6.04 Å². The lowest BCUT2D eigenvalue weighted by molar-refractivity contribution is -0.126. The Balaban J connectivity index is 1.61. The quantitative estimate of drug-likeness (QED) is 0.788. The number of carbonyl (C=O) groups excluding carboxylic acids is 3. The second kappa shape index (κ2) is 7.82. The van der Waals surface area contributed by atoms with Gasteiger partial charge in [0.25, 0.3) is 11.8 Å². The van der Waals surface area contributed by atoms with Crippen LogP contribution in [-0.2, 0) is 11.2 Å². The number of hydrogen-bond donors (Lipinski definition) is 1. The molecule has 0 spiro atoms. The van der Waals surface area contributed by atoms with Gasteiger partial charge in [-0.25, -0.2) is 0 Å². The molecule has 1 heterocycles. The van der Waals surface area contributed by atoms with Gasteiger partial charge in [-0.2, -0.15) is 0 Å². The maximum Gasteiger partial charge on any atom is 0.262 e. The minimum atomic E-state index is -0.809. The fourth-order valence-electron chi connectivity index (χ4n) is 4.44. The molecule has 0 saturated heterocycles. The molecule has 2 aliphatic rings. The summed E-state index contributed by atoms with van der Waals surface area (Å²) in [4.78, 5) is 40.4. The molecule has 0 saturated carbocycles. The molecule has 29 heavy (non-hydrogen) atoms. The fraction of sp³-hybridized carbons (Fsp3) is 0.375. The fourth-order valence-corrected chi connectivity index (χ4v) is 4.44. The standard InChI is InChI=1S/C24H26N2O3/c1-15(2)14-21(26-23(28)18-11-5-6-12-19(18)24(26)29)22(27)25-20-13-7-9-16-8-3-4-10-17(16)20/h3-6,8,10-12,15,20-21H,7,9,13-14H2,1-2H3,(H,25,27)/t20-,21+/m0/s1. The second-order valence-electron chi connectivity index (χ2n) is 8.32. The number of nitrogens with one attached hydrogen (secondary N) is 1. The van der Waals surface area contributed by atoms with E-state index in [2.05, 4.69) is 17.4 Å². The number of aryl methyl sites for hydroxylation is 1. The first kappa shape index (κ1) is 19.4. The molecule has 1 N–H and O–H groups in total. The minimum absolute atomic E-state index is 0.0858. The third-order valence-electron chi connectivity index (χ3n) is 5.82. The number of hydrogen-bond acceptors (Lipinski definition) is 3. The molecule has 3 amide bonds. The highest BCUT2D eigenvalue weighted by Gasteiger charge is 2.43. The van der Waals surface area contributed by atoms with Crippen LogP contribution >= 0.6 is 0 Å². The zero-order valence-electron chi connectivity index (χ0n) is 16.9.